The lowest BCUT2D eigenvalue weighted by atomic mass is 10.1. The summed E-state index contributed by atoms with van der Waals surface area (Å²) in [7, 11) is 0. The van der Waals surface area contributed by atoms with Gasteiger partial charge in [0.2, 0.25) is 5.91 Å². The molecule has 1 saturated heterocycles. The number of hydrogen-bond donors (Lipinski definition) is 1. The third-order valence-corrected chi connectivity index (χ3v) is 2.50. The average Bonchev–Trinajstić information content (AvgIpc) is 2.67. The number of carbonyl (C=O) groups excluding carboxylic acids is 3. The van der Waals surface area contributed by atoms with Crippen molar-refractivity contribution in [2.45, 2.75) is 25.3 Å². The molecule has 1 aromatic heterocycles. The van der Waals surface area contributed by atoms with E-state index >= 15 is 0 Å². The zero-order chi connectivity index (χ0) is 11.5. The molecule has 6 nitrogen and oxygen atoms in total. The van der Waals surface area contributed by atoms with Crippen LogP contribution in [0.15, 0.2) is 12.4 Å². The smallest absolute Gasteiger partial charge is 0.251 e. The van der Waals surface area contributed by atoms with Gasteiger partial charge in [0, 0.05) is 19.0 Å². The minimum atomic E-state index is -0.446. The summed E-state index contributed by atoms with van der Waals surface area (Å²) in [5.74, 6) is -0.585. The third kappa shape index (κ3) is 2.00. The van der Waals surface area contributed by atoms with E-state index in [1.54, 1.807) is 12.4 Å². The summed E-state index contributed by atoms with van der Waals surface area (Å²) in [6.45, 7) is 0. The summed E-state index contributed by atoms with van der Waals surface area (Å²) >= 11 is 0. The summed E-state index contributed by atoms with van der Waals surface area (Å²) in [6.07, 6.45) is 5.05. The molecule has 1 aliphatic rings. The highest BCUT2D eigenvalue weighted by molar-refractivity contribution is 5.99. The molecule has 84 valence electrons. The second-order valence-electron chi connectivity index (χ2n) is 3.67. The van der Waals surface area contributed by atoms with E-state index in [4.69, 9.17) is 0 Å². The van der Waals surface area contributed by atoms with E-state index < -0.39 is 6.04 Å². The minimum Gasteiger partial charge on any atom is -0.303 e. The predicted octanol–water partition coefficient (Wildman–Crippen LogP) is -0.398. The lowest BCUT2D eigenvalue weighted by Crippen LogP contribution is -2.41. The summed E-state index contributed by atoms with van der Waals surface area (Å²) < 4.78 is 1.50. The average molecular weight is 221 g/mol. The molecular formula is C10H11N3O3. The molecule has 1 unspecified atom stereocenters. The second-order valence-corrected chi connectivity index (χ2v) is 3.67. The molecule has 1 N–H and O–H groups in total. The fraction of sp³-hybridized carbons (Fsp3) is 0.400. The quantitative estimate of drug-likeness (QED) is 0.556. The molecular weight excluding hydrogens is 210 g/mol. The van der Waals surface area contributed by atoms with Crippen LogP contribution in [-0.2, 0) is 20.8 Å². The molecule has 1 aliphatic heterocycles. The van der Waals surface area contributed by atoms with Crippen LogP contribution in [0.25, 0.3) is 0 Å². The van der Waals surface area contributed by atoms with Crippen LogP contribution < -0.4 is 5.32 Å². The van der Waals surface area contributed by atoms with E-state index in [0.717, 1.165) is 11.8 Å². The molecule has 16 heavy (non-hydrogen) atoms. The monoisotopic (exact) mass is 221 g/mol. The molecule has 1 fully saturated rings. The number of nitrogens with zero attached hydrogens (tertiary/aromatic N) is 2. The van der Waals surface area contributed by atoms with Gasteiger partial charge in [0.25, 0.3) is 5.91 Å². The van der Waals surface area contributed by atoms with Crippen molar-refractivity contribution in [2.75, 3.05) is 0 Å². The summed E-state index contributed by atoms with van der Waals surface area (Å²) in [5, 5.41) is 6.28. The van der Waals surface area contributed by atoms with E-state index in [2.05, 4.69) is 10.4 Å². The molecule has 0 bridgehead atoms. The first-order valence-electron chi connectivity index (χ1n) is 5.01. The molecule has 2 amide bonds. The van der Waals surface area contributed by atoms with E-state index in [1.165, 1.54) is 4.68 Å². The SMILES string of the molecule is O=CCc1cnn(C2CCC(=O)NC2=O)c1. The lowest BCUT2D eigenvalue weighted by molar-refractivity contribution is -0.136. The highest BCUT2D eigenvalue weighted by Gasteiger charge is 2.28. The van der Waals surface area contributed by atoms with Gasteiger partial charge in [0.15, 0.2) is 0 Å². The van der Waals surface area contributed by atoms with Crippen LogP contribution in [0.2, 0.25) is 0 Å². The van der Waals surface area contributed by atoms with Gasteiger partial charge in [-0.3, -0.25) is 19.6 Å². The maximum atomic E-state index is 11.5. The van der Waals surface area contributed by atoms with Crippen LogP contribution in [0.1, 0.15) is 24.4 Å². The molecule has 0 aromatic carbocycles. The maximum absolute atomic E-state index is 11.5. The number of aromatic nitrogens is 2. The van der Waals surface area contributed by atoms with Gasteiger partial charge in [-0.05, 0) is 12.0 Å². The molecule has 0 radical (unpaired) electrons. The summed E-state index contributed by atoms with van der Waals surface area (Å²) in [5.41, 5.74) is 0.764. The predicted molar refractivity (Wildman–Crippen MR) is 53.4 cm³/mol. The Morgan fingerprint density at radius 1 is 1.56 bits per heavy atom. The first kappa shape index (κ1) is 10.5. The molecule has 2 rings (SSSR count). The first-order valence-corrected chi connectivity index (χ1v) is 5.01. The van der Waals surface area contributed by atoms with Crippen LogP contribution in [0.4, 0.5) is 0 Å². The van der Waals surface area contributed by atoms with Crippen molar-refractivity contribution in [3.63, 3.8) is 0 Å². The van der Waals surface area contributed by atoms with Crippen molar-refractivity contribution >= 4 is 18.1 Å². The Labute approximate surface area is 91.6 Å². The van der Waals surface area contributed by atoms with E-state index in [1.807, 2.05) is 0 Å². The molecule has 0 aliphatic carbocycles. The van der Waals surface area contributed by atoms with Crippen molar-refractivity contribution in [1.82, 2.24) is 15.1 Å². The zero-order valence-corrected chi connectivity index (χ0v) is 8.55. The molecule has 1 aromatic rings. The van der Waals surface area contributed by atoms with Crippen LogP contribution in [0.3, 0.4) is 0 Å². The van der Waals surface area contributed by atoms with Crippen molar-refractivity contribution in [3.05, 3.63) is 18.0 Å². The van der Waals surface area contributed by atoms with Crippen molar-refractivity contribution in [3.8, 4) is 0 Å². The maximum Gasteiger partial charge on any atom is 0.251 e. The van der Waals surface area contributed by atoms with Crippen LogP contribution in [-0.4, -0.2) is 27.9 Å². The van der Waals surface area contributed by atoms with E-state index in [-0.39, 0.29) is 18.2 Å². The van der Waals surface area contributed by atoms with Gasteiger partial charge in [0.05, 0.1) is 6.20 Å². The molecule has 0 saturated carbocycles. The van der Waals surface area contributed by atoms with E-state index in [9.17, 15) is 14.4 Å². The van der Waals surface area contributed by atoms with Crippen molar-refractivity contribution in [1.29, 1.82) is 0 Å². The Balaban J connectivity index is 2.13. The molecule has 2 heterocycles. The van der Waals surface area contributed by atoms with Gasteiger partial charge >= 0.3 is 0 Å². The molecule has 1 atom stereocenters. The summed E-state index contributed by atoms with van der Waals surface area (Å²) in [6, 6.07) is -0.446. The zero-order valence-electron chi connectivity index (χ0n) is 8.55. The number of nitrogens with one attached hydrogen (secondary N) is 1. The number of carbonyl (C=O) groups is 3. The Hall–Kier alpha value is -1.98. The van der Waals surface area contributed by atoms with Gasteiger partial charge in [-0.2, -0.15) is 5.10 Å². The Kier molecular flexibility index (Phi) is 2.80. The Bertz CT molecular complexity index is 438. The topological polar surface area (TPSA) is 81.1 Å². The third-order valence-electron chi connectivity index (χ3n) is 2.50. The Morgan fingerprint density at radius 3 is 3.06 bits per heavy atom. The van der Waals surface area contributed by atoms with Crippen LogP contribution >= 0.6 is 0 Å². The van der Waals surface area contributed by atoms with Gasteiger partial charge < -0.3 is 4.79 Å². The second kappa shape index (κ2) is 4.26. The van der Waals surface area contributed by atoms with Crippen molar-refractivity contribution < 1.29 is 14.4 Å². The molecule has 0 spiro atoms. The number of amides is 2. The number of imide groups is 1. The van der Waals surface area contributed by atoms with Crippen LogP contribution in [0.5, 0.6) is 0 Å². The minimum absolute atomic E-state index is 0.249. The van der Waals surface area contributed by atoms with E-state index in [0.29, 0.717) is 12.8 Å². The highest BCUT2D eigenvalue weighted by atomic mass is 16.2. The number of aldehydes is 1. The largest absolute Gasteiger partial charge is 0.303 e. The first-order chi connectivity index (χ1) is 7.70. The highest BCUT2D eigenvalue weighted by Crippen LogP contribution is 2.17. The lowest BCUT2D eigenvalue weighted by Gasteiger charge is -2.20. The standard InChI is InChI=1S/C10H11N3O3/c14-4-3-7-5-11-13(6-7)8-1-2-9(15)12-10(8)16/h4-6,8H,1-3H2,(H,12,15,16). The van der Waals surface area contributed by atoms with Gasteiger partial charge in [-0.15, -0.1) is 0 Å². The fourth-order valence-corrected chi connectivity index (χ4v) is 1.68. The summed E-state index contributed by atoms with van der Waals surface area (Å²) in [4.78, 5) is 32.8. The number of piperidine rings is 1. The normalized spacial score (nSPS) is 20.6. The van der Waals surface area contributed by atoms with Crippen LogP contribution in [0, 0.1) is 0 Å². The molecule has 6 heteroatoms. The van der Waals surface area contributed by atoms with Gasteiger partial charge in [-0.1, -0.05) is 0 Å². The number of hydrogen-bond acceptors (Lipinski definition) is 4. The van der Waals surface area contributed by atoms with Gasteiger partial charge in [0.1, 0.15) is 12.3 Å². The fourth-order valence-electron chi connectivity index (χ4n) is 1.68. The van der Waals surface area contributed by atoms with Crippen molar-refractivity contribution in [2.24, 2.45) is 0 Å². The Morgan fingerprint density at radius 2 is 2.38 bits per heavy atom. The number of rotatable bonds is 3. The van der Waals surface area contributed by atoms with Gasteiger partial charge in [-0.25, -0.2) is 0 Å².